The van der Waals surface area contributed by atoms with Gasteiger partial charge < -0.3 is 10.2 Å². The predicted molar refractivity (Wildman–Crippen MR) is 69.5 cm³/mol. The zero-order valence-electron chi connectivity index (χ0n) is 9.69. The van der Waals surface area contributed by atoms with Crippen molar-refractivity contribution in [3.8, 4) is 11.3 Å². The smallest absolute Gasteiger partial charge is 0.170 e. The largest absolute Gasteiger partial charge is 0.453 e. The topological polar surface area (TPSA) is 39.2 Å². The molecule has 0 atom stereocenters. The fraction of sp³-hybridized carbons (Fsp3) is 0.0667. The van der Waals surface area contributed by atoms with Crippen LogP contribution in [0.4, 0.5) is 4.39 Å². The molecule has 1 aromatic heterocycles. The minimum absolute atomic E-state index is 0.297. The Morgan fingerprint density at radius 1 is 1.06 bits per heavy atom. The van der Waals surface area contributed by atoms with Gasteiger partial charge in [-0.3, -0.25) is 0 Å². The summed E-state index contributed by atoms with van der Waals surface area (Å²) in [6, 6.07) is 14.5. The summed E-state index contributed by atoms with van der Waals surface area (Å²) in [4.78, 5) is 0. The first kappa shape index (κ1) is 11.0. The maximum Gasteiger partial charge on any atom is 0.170 e. The van der Waals surface area contributed by atoms with Gasteiger partial charge in [0.15, 0.2) is 11.4 Å². The van der Waals surface area contributed by atoms with Crippen LogP contribution in [-0.4, -0.2) is 0 Å². The van der Waals surface area contributed by atoms with Crippen LogP contribution < -0.4 is 5.73 Å². The molecule has 0 saturated carbocycles. The van der Waals surface area contributed by atoms with Crippen LogP contribution in [-0.2, 0) is 6.54 Å². The molecule has 0 bridgehead atoms. The van der Waals surface area contributed by atoms with E-state index in [2.05, 4.69) is 0 Å². The van der Waals surface area contributed by atoms with Crippen LogP contribution in [0.3, 0.4) is 0 Å². The number of halogens is 1. The lowest BCUT2D eigenvalue weighted by Crippen LogP contribution is -1.95. The summed E-state index contributed by atoms with van der Waals surface area (Å²) >= 11 is 0. The Balaban J connectivity index is 2.16. The zero-order chi connectivity index (χ0) is 12.5. The molecule has 0 aliphatic heterocycles. The van der Waals surface area contributed by atoms with Crippen LogP contribution in [0.2, 0.25) is 0 Å². The summed E-state index contributed by atoms with van der Waals surface area (Å²) in [5.41, 5.74) is 7.83. The van der Waals surface area contributed by atoms with Crippen LogP contribution >= 0.6 is 0 Å². The van der Waals surface area contributed by atoms with Gasteiger partial charge in [0.1, 0.15) is 5.76 Å². The van der Waals surface area contributed by atoms with Gasteiger partial charge in [0.2, 0.25) is 0 Å². The van der Waals surface area contributed by atoms with E-state index in [1.165, 1.54) is 6.07 Å². The number of rotatable bonds is 2. The summed E-state index contributed by atoms with van der Waals surface area (Å²) in [6.07, 6.45) is 0. The molecular weight excluding hydrogens is 229 g/mol. The van der Waals surface area contributed by atoms with Crippen LogP contribution in [0, 0.1) is 5.82 Å². The Morgan fingerprint density at radius 3 is 2.67 bits per heavy atom. The van der Waals surface area contributed by atoms with Gasteiger partial charge in [-0.15, -0.1) is 0 Å². The number of furan rings is 1. The van der Waals surface area contributed by atoms with Gasteiger partial charge in [0, 0.05) is 17.5 Å². The highest BCUT2D eigenvalue weighted by molar-refractivity contribution is 5.83. The lowest BCUT2D eigenvalue weighted by molar-refractivity contribution is 0.569. The molecule has 0 radical (unpaired) electrons. The SMILES string of the molecule is NCc1cccc(-c2cc3cccc(F)c3o2)c1. The molecule has 0 fully saturated rings. The van der Waals surface area contributed by atoms with Gasteiger partial charge >= 0.3 is 0 Å². The van der Waals surface area contributed by atoms with Crippen molar-refractivity contribution >= 4 is 11.0 Å². The Bertz CT molecular complexity index is 703. The molecule has 0 amide bonds. The second kappa shape index (κ2) is 4.27. The van der Waals surface area contributed by atoms with E-state index in [0.717, 1.165) is 16.5 Å². The molecule has 0 unspecified atom stereocenters. The van der Waals surface area contributed by atoms with Crippen molar-refractivity contribution in [2.24, 2.45) is 5.73 Å². The number of para-hydroxylation sites is 1. The lowest BCUT2D eigenvalue weighted by atomic mass is 10.1. The summed E-state index contributed by atoms with van der Waals surface area (Å²) in [5.74, 6) is 0.319. The third kappa shape index (κ3) is 1.79. The van der Waals surface area contributed by atoms with Gasteiger partial charge in [-0.25, -0.2) is 4.39 Å². The normalized spacial score (nSPS) is 11.0. The molecule has 2 nitrogen and oxygen atoms in total. The molecule has 2 N–H and O–H groups in total. The molecular formula is C15H12FNO. The van der Waals surface area contributed by atoms with E-state index in [-0.39, 0.29) is 5.82 Å². The predicted octanol–water partition coefficient (Wildman–Crippen LogP) is 3.70. The fourth-order valence-corrected chi connectivity index (χ4v) is 2.02. The van der Waals surface area contributed by atoms with E-state index >= 15 is 0 Å². The average Bonchev–Trinajstić information content (AvgIpc) is 2.84. The van der Waals surface area contributed by atoms with E-state index in [0.29, 0.717) is 17.9 Å². The molecule has 2 aromatic carbocycles. The van der Waals surface area contributed by atoms with E-state index in [1.807, 2.05) is 36.4 Å². The number of hydrogen-bond donors (Lipinski definition) is 1. The summed E-state index contributed by atoms with van der Waals surface area (Å²) in [7, 11) is 0. The summed E-state index contributed by atoms with van der Waals surface area (Å²) in [6.45, 7) is 0.475. The summed E-state index contributed by atoms with van der Waals surface area (Å²) < 4.78 is 19.1. The van der Waals surface area contributed by atoms with Gasteiger partial charge in [-0.05, 0) is 23.8 Å². The molecule has 3 aromatic rings. The van der Waals surface area contributed by atoms with Crippen molar-refractivity contribution in [2.45, 2.75) is 6.54 Å². The monoisotopic (exact) mass is 241 g/mol. The maximum absolute atomic E-state index is 13.5. The molecule has 0 spiro atoms. The van der Waals surface area contributed by atoms with E-state index in [1.54, 1.807) is 6.07 Å². The Labute approximate surface area is 104 Å². The van der Waals surface area contributed by atoms with Crippen molar-refractivity contribution in [3.63, 3.8) is 0 Å². The van der Waals surface area contributed by atoms with Crippen molar-refractivity contribution in [3.05, 3.63) is 59.9 Å². The number of fused-ring (bicyclic) bond motifs is 1. The van der Waals surface area contributed by atoms with Gasteiger partial charge in [-0.1, -0.05) is 30.3 Å². The third-order valence-electron chi connectivity index (χ3n) is 2.94. The number of nitrogens with two attached hydrogens (primary N) is 1. The minimum Gasteiger partial charge on any atom is -0.453 e. The van der Waals surface area contributed by atoms with Crippen molar-refractivity contribution in [1.29, 1.82) is 0 Å². The number of benzene rings is 2. The standard InChI is InChI=1S/C15H12FNO/c16-13-6-2-5-12-8-14(18-15(12)13)11-4-1-3-10(7-11)9-17/h1-8H,9,17H2. The van der Waals surface area contributed by atoms with Gasteiger partial charge in [-0.2, -0.15) is 0 Å². The van der Waals surface area contributed by atoms with Crippen LogP contribution in [0.15, 0.2) is 52.9 Å². The van der Waals surface area contributed by atoms with E-state index in [9.17, 15) is 4.39 Å². The lowest BCUT2D eigenvalue weighted by Gasteiger charge is -1.99. The Hall–Kier alpha value is -2.13. The molecule has 18 heavy (non-hydrogen) atoms. The van der Waals surface area contributed by atoms with Gasteiger partial charge in [0.05, 0.1) is 0 Å². The average molecular weight is 241 g/mol. The molecule has 90 valence electrons. The van der Waals surface area contributed by atoms with Gasteiger partial charge in [0.25, 0.3) is 0 Å². The quantitative estimate of drug-likeness (QED) is 0.743. The minimum atomic E-state index is -0.339. The zero-order valence-corrected chi connectivity index (χ0v) is 9.69. The molecule has 0 aliphatic carbocycles. The first-order chi connectivity index (χ1) is 8.78. The highest BCUT2D eigenvalue weighted by Crippen LogP contribution is 2.29. The van der Waals surface area contributed by atoms with Crippen molar-refractivity contribution in [1.82, 2.24) is 0 Å². The van der Waals surface area contributed by atoms with Crippen molar-refractivity contribution in [2.75, 3.05) is 0 Å². The molecule has 1 heterocycles. The second-order valence-electron chi connectivity index (χ2n) is 4.17. The fourth-order valence-electron chi connectivity index (χ4n) is 2.02. The van der Waals surface area contributed by atoms with E-state index in [4.69, 9.17) is 10.2 Å². The highest BCUT2D eigenvalue weighted by atomic mass is 19.1. The maximum atomic E-state index is 13.5. The highest BCUT2D eigenvalue weighted by Gasteiger charge is 2.09. The molecule has 0 saturated heterocycles. The molecule has 0 aliphatic rings. The first-order valence-electron chi connectivity index (χ1n) is 5.75. The third-order valence-corrected chi connectivity index (χ3v) is 2.94. The second-order valence-corrected chi connectivity index (χ2v) is 4.17. The Morgan fingerprint density at radius 2 is 1.89 bits per heavy atom. The van der Waals surface area contributed by atoms with Crippen molar-refractivity contribution < 1.29 is 8.81 Å². The van der Waals surface area contributed by atoms with Crippen LogP contribution in [0.25, 0.3) is 22.3 Å². The first-order valence-corrected chi connectivity index (χ1v) is 5.75. The summed E-state index contributed by atoms with van der Waals surface area (Å²) in [5, 5.41) is 0.767. The van der Waals surface area contributed by atoms with Crippen LogP contribution in [0.1, 0.15) is 5.56 Å². The number of hydrogen-bond acceptors (Lipinski definition) is 2. The van der Waals surface area contributed by atoms with E-state index < -0.39 is 0 Å². The van der Waals surface area contributed by atoms with Crippen LogP contribution in [0.5, 0.6) is 0 Å². The molecule has 3 heteroatoms. The molecule has 3 rings (SSSR count). The Kier molecular flexibility index (Phi) is 2.61.